The van der Waals surface area contributed by atoms with Crippen molar-refractivity contribution in [1.29, 1.82) is 0 Å². The Labute approximate surface area is 181 Å². The number of hydrogen-bond acceptors (Lipinski definition) is 3. The second-order valence-corrected chi connectivity index (χ2v) is 9.05. The lowest BCUT2D eigenvalue weighted by Crippen LogP contribution is -1.92. The first kappa shape index (κ1) is 15.6. The van der Waals surface area contributed by atoms with Gasteiger partial charge in [0, 0.05) is 30.0 Å². The van der Waals surface area contributed by atoms with E-state index in [1.165, 1.54) is 15.5 Å². The Morgan fingerprint density at radius 3 is 2.63 bits per heavy atom. The Bertz CT molecular complexity index is 1640. The van der Waals surface area contributed by atoms with E-state index < -0.39 is 6.37 Å². The third-order valence-corrected chi connectivity index (χ3v) is 6.64. The number of nitrogens with zero attached hydrogens (tertiary/aromatic N) is 1. The van der Waals surface area contributed by atoms with Gasteiger partial charge < -0.3 is 4.42 Å². The van der Waals surface area contributed by atoms with Crippen LogP contribution in [0.25, 0.3) is 53.4 Å². The Hall–Kier alpha value is -3.17. The average Bonchev–Trinajstić information content (AvgIpc) is 3.37. The molecule has 30 heavy (non-hydrogen) atoms. The van der Waals surface area contributed by atoms with Gasteiger partial charge in [0.25, 0.3) is 0 Å². The average molecular weight is 410 g/mol. The lowest BCUT2D eigenvalue weighted by Gasteiger charge is -2.03. The molecule has 0 unspecified atom stereocenters. The summed E-state index contributed by atoms with van der Waals surface area (Å²) in [6, 6.07) is 22.6. The summed E-state index contributed by atoms with van der Waals surface area (Å²) in [6.07, 6.45) is 0.438. The van der Waals surface area contributed by atoms with E-state index in [1.807, 2.05) is 50.4 Å². The van der Waals surface area contributed by atoms with E-state index in [4.69, 9.17) is 12.1 Å². The van der Waals surface area contributed by atoms with Crippen molar-refractivity contribution >= 4 is 53.4 Å². The predicted molar refractivity (Wildman–Crippen MR) is 128 cm³/mol. The fraction of sp³-hybridized carbons (Fsp3) is 0.148. The van der Waals surface area contributed by atoms with Gasteiger partial charge in [0.05, 0.1) is 10.2 Å². The largest absolute Gasteiger partial charge is 0.456 e. The highest BCUT2D eigenvalue weighted by Gasteiger charge is 2.15. The summed E-state index contributed by atoms with van der Waals surface area (Å²) in [5.41, 5.74) is 3.36. The zero-order valence-corrected chi connectivity index (χ0v) is 17.6. The van der Waals surface area contributed by atoms with Crippen LogP contribution in [0, 0.1) is 5.92 Å². The predicted octanol–water partition coefficient (Wildman–Crippen LogP) is 8.21. The molecule has 6 rings (SSSR count). The van der Waals surface area contributed by atoms with E-state index in [1.54, 1.807) is 11.3 Å². The van der Waals surface area contributed by atoms with Crippen LogP contribution in [0.1, 0.15) is 22.2 Å². The lowest BCUT2D eigenvalue weighted by molar-refractivity contribution is 0.626. The molecule has 3 heteroatoms. The molecule has 0 N–H and O–H groups in total. The van der Waals surface area contributed by atoms with Gasteiger partial charge in [0.2, 0.25) is 0 Å². The van der Waals surface area contributed by atoms with Crippen molar-refractivity contribution in [2.45, 2.75) is 20.2 Å². The van der Waals surface area contributed by atoms with E-state index >= 15 is 0 Å². The quantitative estimate of drug-likeness (QED) is 0.294. The van der Waals surface area contributed by atoms with E-state index in [0.717, 1.165) is 32.3 Å². The summed E-state index contributed by atoms with van der Waals surface area (Å²) in [6.45, 7) is 3.80. The summed E-state index contributed by atoms with van der Waals surface area (Å²) in [4.78, 5) is 4.70. The monoisotopic (exact) mass is 409 g/mol. The normalized spacial score (nSPS) is 13.6. The smallest absolute Gasteiger partial charge is 0.136 e. The highest BCUT2D eigenvalue weighted by Crippen LogP contribution is 2.41. The maximum Gasteiger partial charge on any atom is 0.136 e. The molecule has 0 bridgehead atoms. The SMILES string of the molecule is [2H]C([2H])(c1ccc2cc(-c3ccnc4c3sc3cc5ccccc5cc34)oc2c1)C(C)C. The van der Waals surface area contributed by atoms with E-state index in [-0.39, 0.29) is 5.92 Å². The molecule has 0 aliphatic heterocycles. The summed E-state index contributed by atoms with van der Waals surface area (Å²) in [5.74, 6) is 0.661. The molecule has 0 aliphatic carbocycles. The molecule has 0 aliphatic rings. The van der Waals surface area contributed by atoms with Crippen molar-refractivity contribution in [3.63, 3.8) is 0 Å². The molecule has 3 aromatic carbocycles. The molecule has 0 saturated heterocycles. The van der Waals surface area contributed by atoms with Crippen molar-refractivity contribution in [1.82, 2.24) is 4.98 Å². The Kier molecular flexibility index (Phi) is 3.48. The number of thiophene rings is 1. The summed E-state index contributed by atoms with van der Waals surface area (Å²) >= 11 is 1.74. The van der Waals surface area contributed by atoms with Crippen LogP contribution in [0.4, 0.5) is 0 Å². The van der Waals surface area contributed by atoms with Crippen molar-refractivity contribution < 1.29 is 7.16 Å². The highest BCUT2D eigenvalue weighted by atomic mass is 32.1. The van der Waals surface area contributed by atoms with E-state index in [0.29, 0.717) is 11.1 Å². The van der Waals surface area contributed by atoms with Gasteiger partial charge in [0.1, 0.15) is 11.3 Å². The zero-order chi connectivity index (χ0) is 22.0. The first-order chi connectivity index (χ1) is 15.4. The van der Waals surface area contributed by atoms with Crippen LogP contribution in [0.15, 0.2) is 77.3 Å². The number of hydrogen-bond donors (Lipinski definition) is 0. The summed E-state index contributed by atoms with van der Waals surface area (Å²) in [5, 5.41) is 4.57. The summed E-state index contributed by atoms with van der Waals surface area (Å²) in [7, 11) is 0. The number of rotatable bonds is 3. The summed E-state index contributed by atoms with van der Waals surface area (Å²) < 4.78 is 25.4. The second-order valence-electron chi connectivity index (χ2n) is 8.00. The van der Waals surface area contributed by atoms with Gasteiger partial charge >= 0.3 is 0 Å². The van der Waals surface area contributed by atoms with Crippen LogP contribution >= 0.6 is 11.3 Å². The standard InChI is InChI=1S/C27H21NOS/c1-16(2)11-17-7-8-20-14-24(29-23(20)12-17)21-9-10-28-26-22-13-18-5-3-4-6-19(18)15-25(22)30-27(21)26/h3-10,12-16H,11H2,1-2H3/i11D2. The van der Waals surface area contributed by atoms with Gasteiger partial charge in [0.15, 0.2) is 0 Å². The number of furan rings is 1. The molecule has 3 heterocycles. The second kappa shape index (κ2) is 6.68. The molecule has 0 spiro atoms. The van der Waals surface area contributed by atoms with Crippen molar-refractivity contribution in [2.24, 2.45) is 5.92 Å². The van der Waals surface area contributed by atoms with Gasteiger partial charge in [-0.05, 0) is 59.0 Å². The molecular weight excluding hydrogens is 386 g/mol. The number of pyridine rings is 1. The maximum absolute atomic E-state index is 8.42. The first-order valence-electron chi connectivity index (χ1n) is 11.2. The zero-order valence-electron chi connectivity index (χ0n) is 18.8. The van der Waals surface area contributed by atoms with Crippen LogP contribution in [-0.2, 0) is 6.37 Å². The van der Waals surface area contributed by atoms with Gasteiger partial charge in [-0.15, -0.1) is 11.3 Å². The van der Waals surface area contributed by atoms with Gasteiger partial charge in [-0.1, -0.05) is 50.2 Å². The fourth-order valence-corrected chi connectivity index (χ4v) is 5.33. The maximum atomic E-state index is 8.42. The molecule has 6 aromatic rings. The number of aromatic nitrogens is 1. The molecule has 146 valence electrons. The van der Waals surface area contributed by atoms with Crippen LogP contribution in [0.2, 0.25) is 0 Å². The molecule has 0 amide bonds. The van der Waals surface area contributed by atoms with Crippen LogP contribution in [0.5, 0.6) is 0 Å². The van der Waals surface area contributed by atoms with Crippen molar-refractivity contribution in [3.05, 3.63) is 78.5 Å². The molecule has 2 nitrogen and oxygen atoms in total. The molecule has 3 aromatic heterocycles. The Balaban J connectivity index is 1.55. The highest BCUT2D eigenvalue weighted by molar-refractivity contribution is 7.26. The minimum Gasteiger partial charge on any atom is -0.456 e. The number of benzene rings is 3. The fourth-order valence-electron chi connectivity index (χ4n) is 4.12. The number of fused-ring (bicyclic) bond motifs is 5. The third-order valence-electron chi connectivity index (χ3n) is 5.46. The van der Waals surface area contributed by atoms with Gasteiger partial charge in [-0.25, -0.2) is 0 Å². The van der Waals surface area contributed by atoms with Crippen LogP contribution < -0.4 is 0 Å². The minimum atomic E-state index is -1.40. The van der Waals surface area contributed by atoms with Crippen molar-refractivity contribution in [3.8, 4) is 11.3 Å². The van der Waals surface area contributed by atoms with Crippen LogP contribution in [-0.4, -0.2) is 4.98 Å². The minimum absolute atomic E-state index is 0.122. The van der Waals surface area contributed by atoms with Gasteiger partial charge in [-0.2, -0.15) is 0 Å². The third kappa shape index (κ3) is 2.81. The molecule has 0 saturated carbocycles. The van der Waals surface area contributed by atoms with Gasteiger partial charge in [-0.3, -0.25) is 4.98 Å². The lowest BCUT2D eigenvalue weighted by atomic mass is 10.0. The van der Waals surface area contributed by atoms with E-state index in [9.17, 15) is 0 Å². The molecular formula is C27H21NOS. The van der Waals surface area contributed by atoms with Crippen molar-refractivity contribution in [2.75, 3.05) is 0 Å². The first-order valence-corrected chi connectivity index (χ1v) is 11.0. The molecule has 0 atom stereocenters. The Morgan fingerprint density at radius 1 is 0.967 bits per heavy atom. The van der Waals surface area contributed by atoms with Crippen LogP contribution in [0.3, 0.4) is 0 Å². The Morgan fingerprint density at radius 2 is 1.80 bits per heavy atom. The van der Waals surface area contributed by atoms with E-state index in [2.05, 4.69) is 36.4 Å². The molecule has 0 radical (unpaired) electrons. The topological polar surface area (TPSA) is 26.0 Å². The molecule has 0 fully saturated rings.